The van der Waals surface area contributed by atoms with Crippen LogP contribution in [0, 0.1) is 22.3 Å². The van der Waals surface area contributed by atoms with E-state index in [9.17, 15) is 8.78 Å². The molecule has 0 radical (unpaired) electrons. The largest absolute Gasteiger partial charge is 0.491 e. The van der Waals surface area contributed by atoms with Crippen molar-refractivity contribution in [3.05, 3.63) is 278 Å². The summed E-state index contributed by atoms with van der Waals surface area (Å²) in [6.07, 6.45) is -0.745. The number of hydrogen-bond donors (Lipinski definition) is 0. The maximum Gasteiger partial charge on any atom is 0.195 e. The van der Waals surface area contributed by atoms with Crippen LogP contribution in [-0.4, -0.2) is 202 Å². The van der Waals surface area contributed by atoms with Crippen LogP contribution in [0.15, 0.2) is 228 Å². The van der Waals surface area contributed by atoms with E-state index in [1.54, 1.807) is 6.92 Å². The summed E-state index contributed by atoms with van der Waals surface area (Å²) in [4.78, 5) is 18.8. The van der Waals surface area contributed by atoms with E-state index in [2.05, 4.69) is 253 Å². The van der Waals surface area contributed by atoms with Crippen molar-refractivity contribution in [3.8, 4) is 23.0 Å². The van der Waals surface area contributed by atoms with Gasteiger partial charge in [-0.15, -0.1) is 0 Å². The van der Waals surface area contributed by atoms with Gasteiger partial charge >= 0.3 is 0 Å². The monoisotopic (exact) mass is 2180 g/mol. The van der Waals surface area contributed by atoms with Gasteiger partial charge < -0.3 is 96.0 Å². The van der Waals surface area contributed by atoms with Crippen LogP contribution in [0.1, 0.15) is 77.6 Å². The quantitative estimate of drug-likeness (QED) is 0.0530. The molecule has 8 heterocycles. The molecule has 8 aliphatic heterocycles. The zero-order valence-corrected chi connectivity index (χ0v) is 82.2. The van der Waals surface area contributed by atoms with Crippen LogP contribution in [0.4, 0.5) is 31.5 Å². The number of anilines is 4. The Morgan fingerprint density at radius 1 is 0.371 bits per heavy atom. The SMILES string of the molecule is C=C(C)N1CCN(c2ccc(OCC3COC(C)(c4ccc(Br)cc4Br)O3)cc2)CC1.C=C(C)N1CCN(c2ccc(OCC3COC(C)(c4ccc(F)cc4F)O3)cc2)CC1.C=C(C)N1CCN(c2ccc(OCC3COC(C)(c4ccc(I)cc4Cl)O3)cc2)CC1.C=C(C)N1CCN(c2ccc(OCC3COC(C)(c4ccc(I)cc4I)O3)cc2)CC1. The molecule has 0 aliphatic carbocycles. The maximum atomic E-state index is 14.1. The molecule has 8 aromatic rings. The van der Waals surface area contributed by atoms with Gasteiger partial charge in [-0.2, -0.15) is 0 Å². The molecule has 16 rings (SSSR count). The number of allylic oxidation sites excluding steroid dienone is 4. The first-order valence-corrected chi connectivity index (χ1v) is 47.2. The second-order valence-electron chi connectivity index (χ2n) is 32.5. The molecular formula is C96H112Br2ClF2I3N8O12. The Balaban J connectivity index is 0.000000142. The highest BCUT2D eigenvalue weighted by molar-refractivity contribution is 14.1. The number of halogens is 8. The van der Waals surface area contributed by atoms with Crippen LogP contribution >= 0.6 is 111 Å². The summed E-state index contributed by atoms with van der Waals surface area (Å²) in [5.41, 5.74) is 12.4. The molecule has 20 nitrogen and oxygen atoms in total. The third-order valence-electron chi connectivity index (χ3n) is 23.3. The van der Waals surface area contributed by atoms with Crippen molar-refractivity contribution < 1.29 is 65.6 Å². The Morgan fingerprint density at radius 3 is 0.952 bits per heavy atom. The zero-order chi connectivity index (χ0) is 88.0. The highest BCUT2D eigenvalue weighted by Gasteiger charge is 2.45. The van der Waals surface area contributed by atoms with Crippen LogP contribution in [0.5, 0.6) is 23.0 Å². The topological polar surface area (TPSA) is 137 Å². The van der Waals surface area contributed by atoms with E-state index in [1.807, 2.05) is 113 Å². The van der Waals surface area contributed by atoms with Gasteiger partial charge in [0.1, 0.15) is 85.5 Å². The van der Waals surface area contributed by atoms with Crippen molar-refractivity contribution in [2.45, 2.75) is 103 Å². The van der Waals surface area contributed by atoms with Crippen molar-refractivity contribution in [2.24, 2.45) is 0 Å². The number of hydrogen-bond acceptors (Lipinski definition) is 20. The molecule has 8 fully saturated rings. The highest BCUT2D eigenvalue weighted by Crippen LogP contribution is 2.43. The van der Waals surface area contributed by atoms with E-state index < -0.39 is 34.8 Å². The average molecular weight is 2180 g/mol. The molecule has 0 bridgehead atoms. The van der Waals surface area contributed by atoms with Crippen LogP contribution in [0.2, 0.25) is 5.02 Å². The molecule has 0 N–H and O–H groups in total. The molecule has 8 saturated heterocycles. The normalized spacial score (nSPS) is 23.8. The van der Waals surface area contributed by atoms with Gasteiger partial charge in [-0.05, 0) is 269 Å². The Hall–Kier alpha value is -6.70. The predicted octanol–water partition coefficient (Wildman–Crippen LogP) is 20.3. The van der Waals surface area contributed by atoms with Gasteiger partial charge in [0.25, 0.3) is 0 Å². The molecule has 8 aromatic carbocycles. The van der Waals surface area contributed by atoms with Gasteiger partial charge in [-0.3, -0.25) is 0 Å². The Bertz CT molecular complexity index is 4340. The molecule has 664 valence electrons. The summed E-state index contributed by atoms with van der Waals surface area (Å²) < 4.78 is 105. The minimum absolute atomic E-state index is 0.102. The second kappa shape index (κ2) is 43.1. The van der Waals surface area contributed by atoms with Crippen LogP contribution in [0.25, 0.3) is 0 Å². The molecule has 8 unspecified atom stereocenters. The molecule has 0 spiro atoms. The van der Waals surface area contributed by atoms with E-state index in [0.717, 1.165) is 195 Å². The van der Waals surface area contributed by atoms with Crippen molar-refractivity contribution in [3.63, 3.8) is 0 Å². The van der Waals surface area contributed by atoms with Gasteiger partial charge in [0.2, 0.25) is 0 Å². The summed E-state index contributed by atoms with van der Waals surface area (Å²) in [6.45, 7) is 51.2. The van der Waals surface area contributed by atoms with E-state index in [-0.39, 0.29) is 43.2 Å². The van der Waals surface area contributed by atoms with Gasteiger partial charge in [0, 0.05) is 198 Å². The summed E-state index contributed by atoms with van der Waals surface area (Å²) in [7, 11) is 0. The van der Waals surface area contributed by atoms with Crippen molar-refractivity contribution in [2.75, 3.05) is 177 Å². The summed E-state index contributed by atoms with van der Waals surface area (Å²) >= 11 is 20.4. The summed E-state index contributed by atoms with van der Waals surface area (Å²) in [6, 6.07) is 54.5. The first-order chi connectivity index (χ1) is 59.3. The average Bonchev–Trinajstić information content (AvgIpc) is 1.60. The van der Waals surface area contributed by atoms with Crippen molar-refractivity contribution >= 4 is 134 Å². The van der Waals surface area contributed by atoms with Crippen LogP contribution < -0.4 is 38.5 Å². The molecule has 0 aromatic heterocycles. The fourth-order valence-corrected chi connectivity index (χ4v) is 20.6. The van der Waals surface area contributed by atoms with Crippen molar-refractivity contribution in [1.29, 1.82) is 0 Å². The number of rotatable bonds is 24. The van der Waals surface area contributed by atoms with Gasteiger partial charge in [-0.1, -0.05) is 88.0 Å². The smallest absolute Gasteiger partial charge is 0.195 e. The predicted molar refractivity (Wildman–Crippen MR) is 519 cm³/mol. The van der Waals surface area contributed by atoms with Crippen LogP contribution in [0.3, 0.4) is 0 Å². The van der Waals surface area contributed by atoms with Crippen LogP contribution in [-0.2, 0) is 61.0 Å². The second-order valence-corrected chi connectivity index (χ2v) is 38.4. The van der Waals surface area contributed by atoms with Crippen molar-refractivity contribution in [1.82, 2.24) is 19.6 Å². The van der Waals surface area contributed by atoms with Gasteiger partial charge in [0.15, 0.2) is 23.1 Å². The number of piperazine rings is 4. The first kappa shape index (κ1) is 94.9. The van der Waals surface area contributed by atoms with E-state index in [0.29, 0.717) is 44.7 Å². The summed E-state index contributed by atoms with van der Waals surface area (Å²) in [5, 5.41) is 0.649. The Labute approximate surface area is 792 Å². The minimum Gasteiger partial charge on any atom is -0.491 e. The van der Waals surface area contributed by atoms with E-state index in [1.165, 1.54) is 32.8 Å². The van der Waals surface area contributed by atoms with E-state index in [4.69, 9.17) is 68.4 Å². The number of benzene rings is 8. The minimum atomic E-state index is -1.26. The molecule has 8 atom stereocenters. The van der Waals surface area contributed by atoms with Gasteiger partial charge in [-0.25, -0.2) is 8.78 Å². The van der Waals surface area contributed by atoms with Gasteiger partial charge in [0.05, 0.1) is 31.5 Å². The molecule has 124 heavy (non-hydrogen) atoms. The fourth-order valence-electron chi connectivity index (χ4n) is 16.0. The Kier molecular flexibility index (Phi) is 33.0. The highest BCUT2D eigenvalue weighted by atomic mass is 127. The molecule has 28 heteroatoms. The third kappa shape index (κ3) is 25.0. The maximum absolute atomic E-state index is 14.1. The standard InChI is InChI=1S/C24H28Br2N2O3.C24H28ClIN2O3.C24H28F2N2O3.C24H28I2N2O3/c1-17(2)27-10-12-28(13-11-27)19-5-7-20(8-6-19)29-15-21-16-30-24(3,31-21)22-9-4-18(25)14-23(22)26;1-17(2)27-10-12-28(13-11-27)19-5-7-20(8-6-19)29-15-21-16-30-24(3,31-21)22-9-4-18(26)14-23(22)25;2*1-17(2)27-10-12-28(13-11-27)19-5-7-20(8-6-19)29-15-21-16-30-24(3,31-21)22-9-4-18(25)14-23(22)26/h4*4-9,14,21H,1,10-13,15-16H2,2-3H3. The Morgan fingerprint density at radius 2 is 0.653 bits per heavy atom. The molecule has 0 saturated carbocycles. The lowest BCUT2D eigenvalue weighted by atomic mass is 10.1. The van der Waals surface area contributed by atoms with E-state index >= 15 is 0 Å². The first-order valence-electron chi connectivity index (χ1n) is 42.0. The lowest BCUT2D eigenvalue weighted by molar-refractivity contribution is -0.166. The molecule has 0 amide bonds. The molecular weight excluding hydrogens is 2070 g/mol. The molecule has 8 aliphatic rings. The number of ether oxygens (including phenoxy) is 12. The lowest BCUT2D eigenvalue weighted by Gasteiger charge is -2.37. The lowest BCUT2D eigenvalue weighted by Crippen LogP contribution is -2.45. The third-order valence-corrected chi connectivity index (χ3v) is 27.0. The fraction of sp³-hybridized carbons (Fsp3) is 0.417. The number of nitrogens with zero attached hydrogens (tertiary/aromatic N) is 8. The zero-order valence-electron chi connectivity index (χ0n) is 71.8. The summed E-state index contributed by atoms with van der Waals surface area (Å²) in [5.74, 6) is -1.71.